The summed E-state index contributed by atoms with van der Waals surface area (Å²) in [7, 11) is 0. The van der Waals surface area contributed by atoms with E-state index in [2.05, 4.69) is 4.74 Å². The third kappa shape index (κ3) is 4.69. The molecule has 1 aliphatic heterocycles. The number of aliphatic carboxylic acids is 1. The largest absolute Gasteiger partial charge is 0.573 e. The molecule has 1 saturated heterocycles. The first kappa shape index (κ1) is 19.0. The lowest BCUT2D eigenvalue weighted by atomic mass is 9.96. The summed E-state index contributed by atoms with van der Waals surface area (Å²) < 4.78 is 55.0. The highest BCUT2D eigenvalue weighted by atomic mass is 19.4. The van der Waals surface area contributed by atoms with Gasteiger partial charge in [0.15, 0.2) is 0 Å². The van der Waals surface area contributed by atoms with Crippen LogP contribution in [0.3, 0.4) is 0 Å². The molecule has 0 atom stereocenters. The molecule has 1 fully saturated rings. The summed E-state index contributed by atoms with van der Waals surface area (Å²) in [5.74, 6) is -2.27. The van der Waals surface area contributed by atoms with E-state index in [0.29, 0.717) is 31.5 Å². The average Bonchev–Trinajstić information content (AvgIpc) is 2.62. The Bertz CT molecular complexity index is 813. The standard InChI is InChI=1S/C19H17F4NO3/c20-17-6-5-15(27-19(21,22)23)11-16(17)12-1-3-14(4-2-12)24-9-7-13(8-10-24)18(25)26/h1-6,11,13H,7-10H2,(H,25,26). The van der Waals surface area contributed by atoms with Crippen molar-refractivity contribution >= 4 is 11.7 Å². The third-order valence-corrected chi connectivity index (χ3v) is 4.56. The second-order valence-electron chi connectivity index (χ2n) is 6.34. The molecule has 4 nitrogen and oxygen atoms in total. The Morgan fingerprint density at radius 2 is 1.70 bits per heavy atom. The summed E-state index contributed by atoms with van der Waals surface area (Å²) >= 11 is 0. The smallest absolute Gasteiger partial charge is 0.481 e. The average molecular weight is 383 g/mol. The van der Waals surface area contributed by atoms with E-state index in [-0.39, 0.29) is 11.5 Å². The predicted octanol–water partition coefficient (Wildman–Crippen LogP) is 4.69. The highest BCUT2D eigenvalue weighted by molar-refractivity contribution is 5.71. The molecule has 2 aromatic carbocycles. The lowest BCUT2D eigenvalue weighted by Crippen LogP contribution is -2.36. The van der Waals surface area contributed by atoms with Crippen molar-refractivity contribution in [1.82, 2.24) is 0 Å². The van der Waals surface area contributed by atoms with Gasteiger partial charge in [0.1, 0.15) is 11.6 Å². The molecular weight excluding hydrogens is 366 g/mol. The Hall–Kier alpha value is -2.77. The van der Waals surface area contributed by atoms with E-state index in [1.54, 1.807) is 24.3 Å². The number of ether oxygens (including phenoxy) is 1. The van der Waals surface area contributed by atoms with Crippen LogP contribution in [0.5, 0.6) is 5.75 Å². The predicted molar refractivity (Wildman–Crippen MR) is 91.1 cm³/mol. The van der Waals surface area contributed by atoms with E-state index in [0.717, 1.165) is 23.9 Å². The van der Waals surface area contributed by atoms with Gasteiger partial charge < -0.3 is 14.7 Å². The van der Waals surface area contributed by atoms with Gasteiger partial charge >= 0.3 is 12.3 Å². The van der Waals surface area contributed by atoms with Crippen LogP contribution >= 0.6 is 0 Å². The van der Waals surface area contributed by atoms with Crippen LogP contribution in [0.2, 0.25) is 0 Å². The van der Waals surface area contributed by atoms with Crippen molar-refractivity contribution in [3.8, 4) is 16.9 Å². The molecule has 0 saturated carbocycles. The number of carboxylic acids is 1. The molecule has 0 spiro atoms. The summed E-state index contributed by atoms with van der Waals surface area (Å²) in [5, 5.41) is 9.04. The minimum absolute atomic E-state index is 0.00730. The number of hydrogen-bond donors (Lipinski definition) is 1. The van der Waals surface area contributed by atoms with Crippen molar-refractivity contribution in [3.63, 3.8) is 0 Å². The molecular formula is C19H17F4NO3. The molecule has 1 N–H and O–H groups in total. The van der Waals surface area contributed by atoms with E-state index in [1.165, 1.54) is 0 Å². The van der Waals surface area contributed by atoms with E-state index in [4.69, 9.17) is 5.11 Å². The maximum Gasteiger partial charge on any atom is 0.573 e. The molecule has 2 aromatic rings. The quantitative estimate of drug-likeness (QED) is 0.778. The SMILES string of the molecule is O=C(O)C1CCN(c2ccc(-c3cc(OC(F)(F)F)ccc3F)cc2)CC1. The van der Waals surface area contributed by atoms with Gasteiger partial charge in [-0.3, -0.25) is 4.79 Å². The zero-order valence-electron chi connectivity index (χ0n) is 14.2. The zero-order chi connectivity index (χ0) is 19.6. The Labute approximate surface area is 153 Å². The number of anilines is 1. The first-order chi connectivity index (χ1) is 12.7. The normalized spacial score (nSPS) is 15.6. The summed E-state index contributed by atoms with van der Waals surface area (Å²) in [6.45, 7) is 1.19. The van der Waals surface area contributed by atoms with Crippen LogP contribution in [0.4, 0.5) is 23.2 Å². The fourth-order valence-electron chi connectivity index (χ4n) is 3.16. The van der Waals surface area contributed by atoms with Crippen LogP contribution in [-0.2, 0) is 4.79 Å². The van der Waals surface area contributed by atoms with Gasteiger partial charge in [-0.15, -0.1) is 13.2 Å². The van der Waals surface area contributed by atoms with E-state index >= 15 is 0 Å². The van der Waals surface area contributed by atoms with Gasteiger partial charge in [0.2, 0.25) is 0 Å². The molecule has 8 heteroatoms. The molecule has 0 amide bonds. The lowest BCUT2D eigenvalue weighted by molar-refractivity contribution is -0.274. The molecule has 1 aliphatic rings. The maximum absolute atomic E-state index is 14.1. The van der Waals surface area contributed by atoms with Crippen molar-refractivity contribution in [2.24, 2.45) is 5.92 Å². The number of hydrogen-bond acceptors (Lipinski definition) is 3. The fraction of sp³-hybridized carbons (Fsp3) is 0.316. The van der Waals surface area contributed by atoms with Gasteiger partial charge in [-0.05, 0) is 48.7 Å². The Balaban J connectivity index is 1.76. The molecule has 1 heterocycles. The Morgan fingerprint density at radius 1 is 1.07 bits per heavy atom. The number of piperidine rings is 1. The summed E-state index contributed by atoms with van der Waals surface area (Å²) in [5.41, 5.74) is 1.28. The van der Waals surface area contributed by atoms with Gasteiger partial charge in [0, 0.05) is 24.3 Å². The molecule has 0 bridgehead atoms. The minimum Gasteiger partial charge on any atom is -0.481 e. The van der Waals surface area contributed by atoms with E-state index < -0.39 is 23.9 Å². The number of carbonyl (C=O) groups is 1. The van der Waals surface area contributed by atoms with Crippen LogP contribution in [-0.4, -0.2) is 30.5 Å². The van der Waals surface area contributed by atoms with Crippen LogP contribution in [0.25, 0.3) is 11.1 Å². The monoisotopic (exact) mass is 383 g/mol. The Morgan fingerprint density at radius 3 is 2.26 bits per heavy atom. The molecule has 3 rings (SSSR count). The van der Waals surface area contributed by atoms with Crippen LogP contribution in [0, 0.1) is 11.7 Å². The van der Waals surface area contributed by atoms with Crippen molar-refractivity contribution in [2.75, 3.05) is 18.0 Å². The van der Waals surface area contributed by atoms with Gasteiger partial charge in [0.25, 0.3) is 0 Å². The zero-order valence-corrected chi connectivity index (χ0v) is 14.2. The molecule has 0 aliphatic carbocycles. The summed E-state index contributed by atoms with van der Waals surface area (Å²) in [4.78, 5) is 13.0. The van der Waals surface area contributed by atoms with Crippen molar-refractivity contribution in [3.05, 3.63) is 48.3 Å². The number of rotatable bonds is 4. The molecule has 0 unspecified atom stereocenters. The van der Waals surface area contributed by atoms with Gasteiger partial charge in [-0.1, -0.05) is 12.1 Å². The number of alkyl halides is 3. The molecule has 0 radical (unpaired) electrons. The second-order valence-corrected chi connectivity index (χ2v) is 6.34. The second kappa shape index (κ2) is 7.46. The highest BCUT2D eigenvalue weighted by Crippen LogP contribution is 2.32. The first-order valence-electron chi connectivity index (χ1n) is 8.36. The fourth-order valence-corrected chi connectivity index (χ4v) is 3.16. The van der Waals surface area contributed by atoms with Crippen LogP contribution < -0.4 is 9.64 Å². The van der Waals surface area contributed by atoms with Crippen LogP contribution in [0.15, 0.2) is 42.5 Å². The van der Waals surface area contributed by atoms with Gasteiger partial charge in [-0.25, -0.2) is 4.39 Å². The van der Waals surface area contributed by atoms with Crippen molar-refractivity contribution < 1.29 is 32.2 Å². The number of halogens is 4. The topological polar surface area (TPSA) is 49.8 Å². The number of nitrogens with zero attached hydrogens (tertiary/aromatic N) is 1. The first-order valence-corrected chi connectivity index (χ1v) is 8.36. The third-order valence-electron chi connectivity index (χ3n) is 4.56. The van der Waals surface area contributed by atoms with Gasteiger partial charge in [0.05, 0.1) is 5.92 Å². The number of carboxylic acid groups (broad SMARTS) is 1. The van der Waals surface area contributed by atoms with E-state index in [9.17, 15) is 22.4 Å². The summed E-state index contributed by atoms with van der Waals surface area (Å²) in [6.07, 6.45) is -3.76. The van der Waals surface area contributed by atoms with E-state index in [1.807, 2.05) is 4.90 Å². The molecule has 27 heavy (non-hydrogen) atoms. The van der Waals surface area contributed by atoms with Crippen molar-refractivity contribution in [1.29, 1.82) is 0 Å². The maximum atomic E-state index is 14.1. The number of benzene rings is 2. The minimum atomic E-state index is -4.85. The van der Waals surface area contributed by atoms with Crippen LogP contribution in [0.1, 0.15) is 12.8 Å². The van der Waals surface area contributed by atoms with Crippen molar-refractivity contribution in [2.45, 2.75) is 19.2 Å². The molecule has 144 valence electrons. The molecule has 0 aromatic heterocycles. The Kier molecular flexibility index (Phi) is 5.25. The lowest BCUT2D eigenvalue weighted by Gasteiger charge is -2.32. The summed E-state index contributed by atoms with van der Waals surface area (Å²) in [6, 6.07) is 9.59. The highest BCUT2D eigenvalue weighted by Gasteiger charge is 2.31. The van der Waals surface area contributed by atoms with Gasteiger partial charge in [-0.2, -0.15) is 0 Å².